The first-order chi connectivity index (χ1) is 12.7. The average molecular weight is 383 g/mol. The fraction of sp³-hybridized carbons (Fsp3) is 0.158. The quantitative estimate of drug-likeness (QED) is 0.343. The van der Waals surface area contributed by atoms with E-state index in [9.17, 15) is 4.79 Å². The Morgan fingerprint density at radius 1 is 1.08 bits per heavy atom. The number of carbonyl (C=O) groups is 1. The molecule has 0 aliphatic carbocycles. The minimum absolute atomic E-state index is 0.0381. The van der Waals surface area contributed by atoms with E-state index in [1.807, 2.05) is 36.4 Å². The highest BCUT2D eigenvalue weighted by atomic mass is 32.1. The predicted octanol–water partition coefficient (Wildman–Crippen LogP) is 4.33. The second-order valence-corrected chi connectivity index (χ2v) is 7.86. The van der Waals surface area contributed by atoms with Crippen molar-refractivity contribution in [3.8, 4) is 0 Å². The summed E-state index contributed by atoms with van der Waals surface area (Å²) in [6, 6.07) is 15.8. The van der Waals surface area contributed by atoms with Crippen molar-refractivity contribution in [3.63, 3.8) is 0 Å². The van der Waals surface area contributed by atoms with Crippen LogP contribution in [0.3, 0.4) is 0 Å². The highest BCUT2D eigenvalue weighted by Crippen LogP contribution is 2.27. The smallest absolute Gasteiger partial charge is 0.261 e. The summed E-state index contributed by atoms with van der Waals surface area (Å²) >= 11 is 2.98. The maximum atomic E-state index is 12.3. The lowest BCUT2D eigenvalue weighted by Crippen LogP contribution is -2.25. The highest BCUT2D eigenvalue weighted by Gasteiger charge is 2.10. The van der Waals surface area contributed by atoms with E-state index in [1.54, 1.807) is 0 Å². The van der Waals surface area contributed by atoms with Crippen LogP contribution in [0.15, 0.2) is 48.5 Å². The van der Waals surface area contributed by atoms with Gasteiger partial charge in [0, 0.05) is 28.9 Å². The predicted molar refractivity (Wildman–Crippen MR) is 111 cm³/mol. The molecule has 0 spiro atoms. The number of aromatic nitrogens is 1. The summed E-state index contributed by atoms with van der Waals surface area (Å²) in [4.78, 5) is 13.0. The molecule has 7 heteroatoms. The number of thiophene rings is 1. The van der Waals surface area contributed by atoms with E-state index >= 15 is 0 Å². The largest absolute Gasteiger partial charge is 0.399 e. The van der Waals surface area contributed by atoms with Gasteiger partial charge >= 0.3 is 0 Å². The van der Waals surface area contributed by atoms with Crippen LogP contribution in [0.1, 0.15) is 16.1 Å². The Morgan fingerprint density at radius 3 is 2.88 bits per heavy atom. The van der Waals surface area contributed by atoms with Gasteiger partial charge in [-0.25, -0.2) is 0 Å². The molecule has 2 aromatic carbocycles. The number of anilines is 2. The first kappa shape index (κ1) is 16.8. The van der Waals surface area contributed by atoms with Gasteiger partial charge in [-0.2, -0.15) is 4.37 Å². The Balaban J connectivity index is 1.28. The third kappa shape index (κ3) is 3.49. The number of benzene rings is 2. The zero-order chi connectivity index (χ0) is 17.9. The van der Waals surface area contributed by atoms with E-state index < -0.39 is 0 Å². The van der Waals surface area contributed by atoms with Crippen LogP contribution in [0.4, 0.5) is 11.5 Å². The van der Waals surface area contributed by atoms with Crippen molar-refractivity contribution in [1.82, 2.24) is 9.69 Å². The Hall–Kier alpha value is -2.64. The van der Waals surface area contributed by atoms with Crippen molar-refractivity contribution in [2.45, 2.75) is 6.42 Å². The van der Waals surface area contributed by atoms with Crippen LogP contribution in [0.2, 0.25) is 0 Å². The summed E-state index contributed by atoms with van der Waals surface area (Å²) < 4.78 is 6.69. The van der Waals surface area contributed by atoms with Crippen LogP contribution in [0.5, 0.6) is 0 Å². The van der Waals surface area contributed by atoms with Crippen LogP contribution in [-0.2, 0) is 0 Å². The number of amides is 1. The maximum absolute atomic E-state index is 12.3. The number of nitrogens with one attached hydrogen (secondary N) is 2. The van der Waals surface area contributed by atoms with Gasteiger partial charge in [-0.1, -0.05) is 12.1 Å². The van der Waals surface area contributed by atoms with E-state index in [-0.39, 0.29) is 5.91 Å². The molecule has 4 N–H and O–H groups in total. The molecule has 4 aromatic rings. The van der Waals surface area contributed by atoms with Gasteiger partial charge in [0.2, 0.25) is 0 Å². The molecule has 0 aliphatic heterocycles. The van der Waals surface area contributed by atoms with Gasteiger partial charge in [-0.05, 0) is 59.7 Å². The van der Waals surface area contributed by atoms with E-state index in [1.165, 1.54) is 27.6 Å². The molecule has 0 bridgehead atoms. The zero-order valence-electron chi connectivity index (χ0n) is 14.0. The number of nitrogen functional groups attached to an aromatic ring is 1. The highest BCUT2D eigenvalue weighted by molar-refractivity contribution is 7.20. The average Bonchev–Trinajstić information content (AvgIpc) is 3.25. The van der Waals surface area contributed by atoms with Crippen LogP contribution in [0.25, 0.3) is 20.2 Å². The van der Waals surface area contributed by atoms with E-state index in [4.69, 9.17) is 5.73 Å². The first-order valence-corrected chi connectivity index (χ1v) is 9.95. The van der Waals surface area contributed by atoms with Gasteiger partial charge in [0.15, 0.2) is 0 Å². The molecule has 0 fully saturated rings. The molecule has 132 valence electrons. The van der Waals surface area contributed by atoms with E-state index in [0.29, 0.717) is 17.1 Å². The lowest BCUT2D eigenvalue weighted by atomic mass is 10.2. The molecule has 0 atom stereocenters. The van der Waals surface area contributed by atoms with Crippen molar-refractivity contribution < 1.29 is 4.79 Å². The minimum Gasteiger partial charge on any atom is -0.399 e. The molecule has 0 radical (unpaired) electrons. The van der Waals surface area contributed by atoms with Crippen molar-refractivity contribution >= 4 is 60.5 Å². The van der Waals surface area contributed by atoms with Gasteiger partial charge in [0.05, 0.1) is 9.58 Å². The molecule has 2 aromatic heterocycles. The van der Waals surface area contributed by atoms with Crippen LogP contribution < -0.4 is 16.4 Å². The van der Waals surface area contributed by atoms with Gasteiger partial charge in [-0.3, -0.25) is 4.79 Å². The molecule has 0 unspecified atom stereocenters. The number of hydrogen-bond acceptors (Lipinski definition) is 6. The Labute approximate surface area is 159 Å². The van der Waals surface area contributed by atoms with Crippen LogP contribution in [-0.4, -0.2) is 23.4 Å². The maximum Gasteiger partial charge on any atom is 0.261 e. The summed E-state index contributed by atoms with van der Waals surface area (Å²) in [5.41, 5.74) is 6.50. The van der Waals surface area contributed by atoms with Gasteiger partial charge in [0.1, 0.15) is 5.82 Å². The summed E-state index contributed by atoms with van der Waals surface area (Å²) in [6.07, 6.45) is 0.829. The summed E-state index contributed by atoms with van der Waals surface area (Å²) in [6.45, 7) is 1.38. The molecule has 26 heavy (non-hydrogen) atoms. The van der Waals surface area contributed by atoms with E-state index in [2.05, 4.69) is 27.1 Å². The molecule has 2 heterocycles. The van der Waals surface area contributed by atoms with Crippen molar-refractivity contribution in [3.05, 3.63) is 53.4 Å². The second-order valence-electron chi connectivity index (χ2n) is 5.97. The molecular weight excluding hydrogens is 364 g/mol. The monoisotopic (exact) mass is 382 g/mol. The fourth-order valence-electron chi connectivity index (χ4n) is 2.77. The van der Waals surface area contributed by atoms with Crippen LogP contribution >= 0.6 is 22.9 Å². The third-order valence-corrected chi connectivity index (χ3v) is 6.01. The number of fused-ring (bicyclic) bond motifs is 2. The Bertz CT molecular complexity index is 1070. The van der Waals surface area contributed by atoms with E-state index in [0.717, 1.165) is 34.3 Å². The van der Waals surface area contributed by atoms with Crippen molar-refractivity contribution in [2.24, 2.45) is 0 Å². The lowest BCUT2D eigenvalue weighted by Gasteiger charge is -2.05. The number of nitrogens with two attached hydrogens (primary N) is 1. The standard InChI is InChI=1S/C19H18N4OS2/c20-13-6-7-15-12(10-13)11-17(25-15)19(24)22-9-3-8-21-18-14-4-1-2-5-16(14)26-23-18/h1-2,4-7,10-11H,3,8-9,20H2,(H,21,23)(H,22,24). The third-order valence-electron chi connectivity index (χ3n) is 4.07. The lowest BCUT2D eigenvalue weighted by molar-refractivity contribution is 0.0957. The minimum atomic E-state index is -0.0381. The van der Waals surface area contributed by atoms with Crippen molar-refractivity contribution in [1.29, 1.82) is 0 Å². The Morgan fingerprint density at radius 2 is 1.96 bits per heavy atom. The number of carbonyl (C=O) groups excluding carboxylic acids is 1. The molecule has 5 nitrogen and oxygen atoms in total. The number of hydrogen-bond donors (Lipinski definition) is 3. The molecule has 0 aliphatic rings. The first-order valence-electron chi connectivity index (χ1n) is 8.36. The molecule has 4 rings (SSSR count). The summed E-state index contributed by atoms with van der Waals surface area (Å²) in [7, 11) is 0. The normalized spacial score (nSPS) is 11.1. The fourth-order valence-corrected chi connectivity index (χ4v) is 4.49. The topological polar surface area (TPSA) is 80.0 Å². The number of nitrogens with zero attached hydrogens (tertiary/aromatic N) is 1. The Kier molecular flexibility index (Phi) is 4.73. The SMILES string of the molecule is Nc1ccc2sc(C(=O)NCCCNc3nsc4ccccc34)cc2c1. The van der Waals surface area contributed by atoms with Gasteiger partial charge < -0.3 is 16.4 Å². The molecular formula is C19H18N4OS2. The van der Waals surface area contributed by atoms with Crippen molar-refractivity contribution in [2.75, 3.05) is 24.1 Å². The van der Waals surface area contributed by atoms with Gasteiger partial charge in [0.25, 0.3) is 5.91 Å². The van der Waals surface area contributed by atoms with Crippen LogP contribution in [0, 0.1) is 0 Å². The summed E-state index contributed by atoms with van der Waals surface area (Å²) in [5.74, 6) is 0.878. The second kappa shape index (κ2) is 7.31. The zero-order valence-corrected chi connectivity index (χ0v) is 15.6. The molecule has 0 saturated carbocycles. The van der Waals surface area contributed by atoms with Gasteiger partial charge in [-0.15, -0.1) is 11.3 Å². The number of rotatable bonds is 6. The summed E-state index contributed by atoms with van der Waals surface area (Å²) in [5, 5.41) is 8.48. The molecule has 1 amide bonds. The molecule has 0 saturated heterocycles.